The Bertz CT molecular complexity index is 863. The van der Waals surface area contributed by atoms with Crippen molar-refractivity contribution in [3.05, 3.63) is 54.1 Å². The van der Waals surface area contributed by atoms with Crippen LogP contribution in [-0.2, 0) is 9.59 Å². The van der Waals surface area contributed by atoms with Crippen molar-refractivity contribution < 1.29 is 14.4 Å². The topological polar surface area (TPSA) is 90.5 Å². The number of hydrogen-bond acceptors (Lipinski definition) is 4. The van der Waals surface area contributed by atoms with Crippen LogP contribution < -0.4 is 16.0 Å². The Balaban J connectivity index is 1.94. The van der Waals surface area contributed by atoms with Crippen molar-refractivity contribution in [1.82, 2.24) is 4.90 Å². The van der Waals surface area contributed by atoms with Gasteiger partial charge in [0, 0.05) is 42.1 Å². The van der Waals surface area contributed by atoms with Gasteiger partial charge in [-0.2, -0.15) is 0 Å². The Labute approximate surface area is 171 Å². The zero-order valence-corrected chi connectivity index (χ0v) is 17.1. The summed E-state index contributed by atoms with van der Waals surface area (Å²) in [4.78, 5) is 38.0. The maximum atomic E-state index is 12.5. The summed E-state index contributed by atoms with van der Waals surface area (Å²) in [7, 11) is 0. The summed E-state index contributed by atoms with van der Waals surface area (Å²) < 4.78 is 0. The molecule has 3 N–H and O–H groups in total. The van der Waals surface area contributed by atoms with Crippen LogP contribution in [0.15, 0.2) is 48.5 Å². The standard InChI is InChI=1S/C22H28N4O3/c1-4-20(27)24-18-11-8-12-19(14-18)25-21(28)15-23-17-10-7-9-16(13-17)22(29)26(5-2)6-3/h7-14,23H,4-6,15H2,1-3H3,(H,24,27)(H,25,28). The molecule has 0 aliphatic rings. The maximum absolute atomic E-state index is 12.5. The molecule has 154 valence electrons. The van der Waals surface area contributed by atoms with Gasteiger partial charge in [-0.25, -0.2) is 0 Å². The largest absolute Gasteiger partial charge is 0.376 e. The summed E-state index contributed by atoms with van der Waals surface area (Å²) in [6, 6.07) is 14.1. The van der Waals surface area contributed by atoms with Gasteiger partial charge >= 0.3 is 0 Å². The van der Waals surface area contributed by atoms with Crippen molar-refractivity contribution in [3.8, 4) is 0 Å². The van der Waals surface area contributed by atoms with Gasteiger partial charge in [-0.15, -0.1) is 0 Å². The van der Waals surface area contributed by atoms with Crippen LogP contribution in [0.2, 0.25) is 0 Å². The van der Waals surface area contributed by atoms with Crippen LogP contribution in [0.3, 0.4) is 0 Å². The van der Waals surface area contributed by atoms with Gasteiger partial charge in [-0.1, -0.05) is 19.1 Å². The van der Waals surface area contributed by atoms with Crippen molar-refractivity contribution >= 4 is 34.8 Å². The van der Waals surface area contributed by atoms with Crippen LogP contribution in [0.4, 0.5) is 17.1 Å². The molecular formula is C22H28N4O3. The van der Waals surface area contributed by atoms with E-state index in [1.807, 2.05) is 19.9 Å². The van der Waals surface area contributed by atoms with Crippen molar-refractivity contribution in [2.24, 2.45) is 0 Å². The second kappa shape index (κ2) is 10.8. The van der Waals surface area contributed by atoms with Crippen LogP contribution in [0, 0.1) is 0 Å². The maximum Gasteiger partial charge on any atom is 0.253 e. The number of carbonyl (C=O) groups excluding carboxylic acids is 3. The highest BCUT2D eigenvalue weighted by molar-refractivity contribution is 5.97. The zero-order chi connectivity index (χ0) is 21.2. The fourth-order valence-corrected chi connectivity index (χ4v) is 2.77. The second-order valence-corrected chi connectivity index (χ2v) is 6.44. The van der Waals surface area contributed by atoms with Crippen LogP contribution >= 0.6 is 0 Å². The van der Waals surface area contributed by atoms with E-state index in [4.69, 9.17) is 0 Å². The van der Waals surface area contributed by atoms with E-state index in [9.17, 15) is 14.4 Å². The van der Waals surface area contributed by atoms with Crippen LogP contribution in [0.25, 0.3) is 0 Å². The quantitative estimate of drug-likeness (QED) is 0.604. The highest BCUT2D eigenvalue weighted by Crippen LogP contribution is 2.16. The average molecular weight is 396 g/mol. The SMILES string of the molecule is CCC(=O)Nc1cccc(NC(=O)CNc2cccc(C(=O)N(CC)CC)c2)c1. The Kier molecular flexibility index (Phi) is 8.21. The minimum atomic E-state index is -0.232. The molecule has 0 atom stereocenters. The molecule has 0 aliphatic heterocycles. The third-order valence-electron chi connectivity index (χ3n) is 4.36. The van der Waals surface area contributed by atoms with Crippen molar-refractivity contribution in [3.63, 3.8) is 0 Å². The Morgan fingerprint density at radius 2 is 1.38 bits per heavy atom. The van der Waals surface area contributed by atoms with Crippen LogP contribution in [0.5, 0.6) is 0 Å². The molecule has 0 saturated heterocycles. The van der Waals surface area contributed by atoms with E-state index >= 15 is 0 Å². The molecule has 0 aromatic heterocycles. The summed E-state index contributed by atoms with van der Waals surface area (Å²) in [6.45, 7) is 7.00. The van der Waals surface area contributed by atoms with E-state index < -0.39 is 0 Å². The molecule has 0 bridgehead atoms. The zero-order valence-electron chi connectivity index (χ0n) is 17.1. The first-order chi connectivity index (χ1) is 14.0. The molecule has 3 amide bonds. The molecule has 7 heteroatoms. The first kappa shape index (κ1) is 21.9. The van der Waals surface area contributed by atoms with E-state index in [0.717, 1.165) is 0 Å². The van der Waals surface area contributed by atoms with E-state index in [1.165, 1.54) is 0 Å². The first-order valence-electron chi connectivity index (χ1n) is 9.79. The number of hydrogen-bond donors (Lipinski definition) is 3. The lowest BCUT2D eigenvalue weighted by atomic mass is 10.1. The second-order valence-electron chi connectivity index (χ2n) is 6.44. The molecule has 0 heterocycles. The van der Waals surface area contributed by atoms with E-state index in [-0.39, 0.29) is 24.3 Å². The van der Waals surface area contributed by atoms with Crippen molar-refractivity contribution in [1.29, 1.82) is 0 Å². The van der Waals surface area contributed by atoms with E-state index in [0.29, 0.717) is 42.1 Å². The van der Waals surface area contributed by atoms with E-state index in [1.54, 1.807) is 54.3 Å². The van der Waals surface area contributed by atoms with Gasteiger partial charge in [0.2, 0.25) is 11.8 Å². The minimum absolute atomic E-state index is 0.0333. The average Bonchev–Trinajstić information content (AvgIpc) is 2.73. The van der Waals surface area contributed by atoms with E-state index in [2.05, 4.69) is 16.0 Å². The summed E-state index contributed by atoms with van der Waals surface area (Å²) in [5.41, 5.74) is 2.50. The molecule has 0 fully saturated rings. The van der Waals surface area contributed by atoms with Crippen molar-refractivity contribution in [2.45, 2.75) is 27.2 Å². The van der Waals surface area contributed by atoms with Crippen LogP contribution in [-0.4, -0.2) is 42.3 Å². The predicted molar refractivity (Wildman–Crippen MR) is 116 cm³/mol. The van der Waals surface area contributed by atoms with Gasteiger partial charge in [0.05, 0.1) is 6.54 Å². The molecule has 7 nitrogen and oxygen atoms in total. The summed E-state index contributed by atoms with van der Waals surface area (Å²) in [6.07, 6.45) is 0.385. The lowest BCUT2D eigenvalue weighted by Crippen LogP contribution is -2.30. The molecule has 2 aromatic carbocycles. The fraction of sp³-hybridized carbons (Fsp3) is 0.318. The fourth-order valence-electron chi connectivity index (χ4n) is 2.77. The van der Waals surface area contributed by atoms with Crippen LogP contribution in [0.1, 0.15) is 37.6 Å². The lowest BCUT2D eigenvalue weighted by molar-refractivity contribution is -0.116. The third-order valence-corrected chi connectivity index (χ3v) is 4.36. The number of amides is 3. The monoisotopic (exact) mass is 396 g/mol. The van der Waals surface area contributed by atoms with Gasteiger partial charge in [0.25, 0.3) is 5.91 Å². The molecule has 0 aliphatic carbocycles. The Morgan fingerprint density at radius 1 is 0.793 bits per heavy atom. The Morgan fingerprint density at radius 3 is 2.00 bits per heavy atom. The predicted octanol–water partition coefficient (Wildman–Crippen LogP) is 3.57. The smallest absolute Gasteiger partial charge is 0.253 e. The summed E-state index contributed by atoms with van der Waals surface area (Å²) >= 11 is 0. The molecule has 0 spiro atoms. The number of anilines is 3. The number of rotatable bonds is 9. The number of nitrogens with one attached hydrogen (secondary N) is 3. The van der Waals surface area contributed by atoms with Crippen molar-refractivity contribution in [2.75, 3.05) is 35.6 Å². The summed E-state index contributed by atoms with van der Waals surface area (Å²) in [5, 5.41) is 8.58. The Hall–Kier alpha value is -3.35. The molecule has 0 unspecified atom stereocenters. The summed E-state index contributed by atoms with van der Waals surface area (Å²) in [5.74, 6) is -0.354. The van der Waals surface area contributed by atoms with Gasteiger partial charge in [0.15, 0.2) is 0 Å². The van der Waals surface area contributed by atoms with Gasteiger partial charge in [-0.05, 0) is 50.2 Å². The molecule has 2 rings (SSSR count). The molecule has 0 radical (unpaired) electrons. The number of carbonyl (C=O) groups is 3. The lowest BCUT2D eigenvalue weighted by Gasteiger charge is -2.19. The number of nitrogens with zero attached hydrogens (tertiary/aromatic N) is 1. The third kappa shape index (κ3) is 6.64. The number of benzene rings is 2. The van der Waals surface area contributed by atoms with Gasteiger partial charge in [-0.3, -0.25) is 14.4 Å². The highest BCUT2D eigenvalue weighted by atomic mass is 16.2. The highest BCUT2D eigenvalue weighted by Gasteiger charge is 2.13. The van der Waals surface area contributed by atoms with Gasteiger partial charge < -0.3 is 20.9 Å². The molecule has 0 saturated carbocycles. The molecule has 29 heavy (non-hydrogen) atoms. The minimum Gasteiger partial charge on any atom is -0.376 e. The molecule has 2 aromatic rings. The molecular weight excluding hydrogens is 368 g/mol. The normalized spacial score (nSPS) is 10.2. The first-order valence-corrected chi connectivity index (χ1v) is 9.79. The van der Waals surface area contributed by atoms with Gasteiger partial charge in [0.1, 0.15) is 0 Å².